The molecule has 2 aromatic heterocycles. The van der Waals surface area contributed by atoms with Crippen LogP contribution in [0.15, 0.2) is 24.3 Å². The number of anilines is 1. The molecule has 29 heavy (non-hydrogen) atoms. The van der Waals surface area contributed by atoms with Gasteiger partial charge in [0.25, 0.3) is 0 Å². The zero-order valence-electron chi connectivity index (χ0n) is 17.7. The van der Waals surface area contributed by atoms with Crippen molar-refractivity contribution >= 4 is 16.9 Å². The monoisotopic (exact) mass is 392 g/mol. The number of hydrogen-bond donors (Lipinski definition) is 1. The predicted octanol–water partition coefficient (Wildman–Crippen LogP) is 4.76. The van der Waals surface area contributed by atoms with Crippen molar-refractivity contribution in [2.24, 2.45) is 0 Å². The molecular formula is C24H32N4O. The molecule has 0 saturated carbocycles. The number of unbranched alkanes of at least 4 members (excludes halogenated alkanes) is 1. The van der Waals surface area contributed by atoms with Gasteiger partial charge in [-0.25, -0.2) is 9.97 Å². The molecule has 0 spiro atoms. The normalized spacial score (nSPS) is 13.7. The van der Waals surface area contributed by atoms with E-state index in [2.05, 4.69) is 42.7 Å². The molecule has 2 N–H and O–H groups in total. The van der Waals surface area contributed by atoms with Gasteiger partial charge >= 0.3 is 0 Å². The highest BCUT2D eigenvalue weighted by Crippen LogP contribution is 2.31. The molecule has 2 heterocycles. The van der Waals surface area contributed by atoms with E-state index >= 15 is 0 Å². The van der Waals surface area contributed by atoms with E-state index < -0.39 is 0 Å². The van der Waals surface area contributed by atoms with Gasteiger partial charge in [0.05, 0.1) is 18.7 Å². The van der Waals surface area contributed by atoms with E-state index in [9.17, 15) is 0 Å². The van der Waals surface area contributed by atoms with Crippen molar-refractivity contribution in [3.8, 4) is 0 Å². The molecule has 5 nitrogen and oxygen atoms in total. The van der Waals surface area contributed by atoms with Gasteiger partial charge in [-0.1, -0.05) is 43.2 Å². The fraction of sp³-hybridized carbons (Fsp3) is 0.500. The summed E-state index contributed by atoms with van der Waals surface area (Å²) in [6, 6.07) is 8.54. The lowest BCUT2D eigenvalue weighted by Gasteiger charge is -2.18. The lowest BCUT2D eigenvalue weighted by atomic mass is 9.95. The van der Waals surface area contributed by atoms with Crippen molar-refractivity contribution < 1.29 is 4.74 Å². The summed E-state index contributed by atoms with van der Waals surface area (Å²) in [6.07, 6.45) is 7.76. The standard InChI is InChI=1S/C24H32N4O/c1-3-4-9-21-27-22-23(19-7-5-6-8-20(19)26-24(22)25)28(21)14-15-29-16-18-12-10-17(2)11-13-18/h10-13H,3-9,14-16H2,1-2H3,(H2,25,26). The van der Waals surface area contributed by atoms with Crippen LogP contribution in [0.2, 0.25) is 0 Å². The quantitative estimate of drug-likeness (QED) is 0.561. The minimum Gasteiger partial charge on any atom is -0.382 e. The van der Waals surface area contributed by atoms with Crippen molar-refractivity contribution in [3.63, 3.8) is 0 Å². The summed E-state index contributed by atoms with van der Waals surface area (Å²) in [5.41, 5.74) is 13.4. The van der Waals surface area contributed by atoms with E-state index in [1.807, 2.05) is 0 Å². The molecule has 1 aliphatic rings. The first kappa shape index (κ1) is 19.9. The van der Waals surface area contributed by atoms with Gasteiger partial charge in [-0.2, -0.15) is 0 Å². The number of benzene rings is 1. The van der Waals surface area contributed by atoms with Gasteiger partial charge < -0.3 is 15.0 Å². The number of ether oxygens (including phenoxy) is 1. The van der Waals surface area contributed by atoms with Gasteiger partial charge in [-0.3, -0.25) is 0 Å². The number of aromatic nitrogens is 3. The Morgan fingerprint density at radius 2 is 1.90 bits per heavy atom. The highest BCUT2D eigenvalue weighted by Gasteiger charge is 2.22. The van der Waals surface area contributed by atoms with Crippen LogP contribution in [0.1, 0.15) is 60.8 Å². The number of rotatable bonds is 8. The van der Waals surface area contributed by atoms with E-state index in [0.29, 0.717) is 19.0 Å². The van der Waals surface area contributed by atoms with E-state index in [-0.39, 0.29) is 0 Å². The molecule has 0 fully saturated rings. The zero-order chi connectivity index (χ0) is 20.2. The Morgan fingerprint density at radius 3 is 2.69 bits per heavy atom. The second kappa shape index (κ2) is 8.95. The fourth-order valence-corrected chi connectivity index (χ4v) is 4.25. The van der Waals surface area contributed by atoms with Crippen LogP contribution in [0.25, 0.3) is 11.0 Å². The van der Waals surface area contributed by atoms with Crippen molar-refractivity contribution in [2.75, 3.05) is 12.3 Å². The number of nitrogens with two attached hydrogens (primary N) is 1. The Bertz CT molecular complexity index is 975. The molecule has 0 aliphatic heterocycles. The Labute approximate surface area is 173 Å². The first-order valence-corrected chi connectivity index (χ1v) is 11.0. The third kappa shape index (κ3) is 4.30. The molecule has 0 amide bonds. The lowest BCUT2D eigenvalue weighted by Crippen LogP contribution is -2.13. The largest absolute Gasteiger partial charge is 0.382 e. The van der Waals surface area contributed by atoms with E-state index in [1.54, 1.807) is 0 Å². The number of nitrogen functional groups attached to an aromatic ring is 1. The van der Waals surface area contributed by atoms with Crippen molar-refractivity contribution in [3.05, 3.63) is 52.5 Å². The van der Waals surface area contributed by atoms with Gasteiger partial charge in [0.15, 0.2) is 5.82 Å². The molecule has 0 bridgehead atoms. The lowest BCUT2D eigenvalue weighted by molar-refractivity contribution is 0.113. The van der Waals surface area contributed by atoms with Crippen LogP contribution < -0.4 is 5.73 Å². The number of fused-ring (bicyclic) bond motifs is 3. The maximum absolute atomic E-state index is 6.32. The maximum Gasteiger partial charge on any atom is 0.151 e. The van der Waals surface area contributed by atoms with Gasteiger partial charge in [0.1, 0.15) is 11.3 Å². The topological polar surface area (TPSA) is 66.0 Å². The molecule has 0 saturated heterocycles. The Morgan fingerprint density at radius 1 is 1.10 bits per heavy atom. The van der Waals surface area contributed by atoms with Crippen molar-refractivity contribution in [1.82, 2.24) is 14.5 Å². The minimum absolute atomic E-state index is 0.581. The summed E-state index contributed by atoms with van der Waals surface area (Å²) in [6.45, 7) is 6.43. The molecule has 1 aromatic carbocycles. The predicted molar refractivity (Wildman–Crippen MR) is 118 cm³/mol. The first-order chi connectivity index (χ1) is 14.2. The average molecular weight is 393 g/mol. The van der Waals surface area contributed by atoms with Crippen LogP contribution in [-0.2, 0) is 37.2 Å². The van der Waals surface area contributed by atoms with Gasteiger partial charge in [-0.05, 0) is 50.2 Å². The number of hydrogen-bond acceptors (Lipinski definition) is 4. The molecule has 3 aromatic rings. The second-order valence-electron chi connectivity index (χ2n) is 8.15. The summed E-state index contributed by atoms with van der Waals surface area (Å²) in [5, 5.41) is 0. The molecule has 0 radical (unpaired) electrons. The molecule has 0 atom stereocenters. The summed E-state index contributed by atoms with van der Waals surface area (Å²) in [5.74, 6) is 1.70. The number of imidazole rings is 1. The molecular weight excluding hydrogens is 360 g/mol. The van der Waals surface area contributed by atoms with Crippen molar-refractivity contribution in [1.29, 1.82) is 0 Å². The summed E-state index contributed by atoms with van der Waals surface area (Å²) in [7, 11) is 0. The zero-order valence-corrected chi connectivity index (χ0v) is 17.7. The number of pyridine rings is 1. The Kier molecular flexibility index (Phi) is 6.14. The highest BCUT2D eigenvalue weighted by molar-refractivity contribution is 5.89. The highest BCUT2D eigenvalue weighted by atomic mass is 16.5. The van der Waals surface area contributed by atoms with Crippen molar-refractivity contribution in [2.45, 2.75) is 71.9 Å². The van der Waals surface area contributed by atoms with E-state index in [0.717, 1.165) is 50.0 Å². The maximum atomic E-state index is 6.32. The number of nitrogens with zero attached hydrogens (tertiary/aromatic N) is 3. The van der Waals surface area contributed by atoms with Crippen LogP contribution >= 0.6 is 0 Å². The van der Waals surface area contributed by atoms with Gasteiger partial charge in [0.2, 0.25) is 0 Å². The third-order valence-corrected chi connectivity index (χ3v) is 5.87. The van der Waals surface area contributed by atoms with E-state index in [1.165, 1.54) is 40.7 Å². The van der Waals surface area contributed by atoms with Crippen LogP contribution in [-0.4, -0.2) is 21.1 Å². The summed E-state index contributed by atoms with van der Waals surface area (Å²) in [4.78, 5) is 9.61. The Balaban J connectivity index is 1.58. The SMILES string of the molecule is CCCCc1nc2c(N)nc3c(c2n1CCOCc1ccc(C)cc1)CCCC3. The molecule has 0 unspecified atom stereocenters. The second-order valence-corrected chi connectivity index (χ2v) is 8.15. The molecule has 1 aliphatic carbocycles. The first-order valence-electron chi connectivity index (χ1n) is 11.0. The smallest absolute Gasteiger partial charge is 0.151 e. The third-order valence-electron chi connectivity index (χ3n) is 5.87. The summed E-state index contributed by atoms with van der Waals surface area (Å²) >= 11 is 0. The Hall–Kier alpha value is -2.40. The number of aryl methyl sites for hydroxylation is 4. The minimum atomic E-state index is 0.581. The molecule has 5 heteroatoms. The summed E-state index contributed by atoms with van der Waals surface area (Å²) < 4.78 is 8.38. The van der Waals surface area contributed by atoms with E-state index in [4.69, 9.17) is 20.4 Å². The van der Waals surface area contributed by atoms with Crippen LogP contribution in [0, 0.1) is 6.92 Å². The molecule has 154 valence electrons. The van der Waals surface area contributed by atoms with Gasteiger partial charge in [-0.15, -0.1) is 0 Å². The van der Waals surface area contributed by atoms with Crippen LogP contribution in [0.4, 0.5) is 5.82 Å². The fourth-order valence-electron chi connectivity index (χ4n) is 4.25. The average Bonchev–Trinajstić information content (AvgIpc) is 3.10. The van der Waals surface area contributed by atoms with Crippen LogP contribution in [0.3, 0.4) is 0 Å². The van der Waals surface area contributed by atoms with Crippen LogP contribution in [0.5, 0.6) is 0 Å². The van der Waals surface area contributed by atoms with Gasteiger partial charge in [0, 0.05) is 18.7 Å². The molecule has 4 rings (SSSR count).